The fraction of sp³-hybridized carbons (Fsp3) is 0.500. The summed E-state index contributed by atoms with van der Waals surface area (Å²) in [7, 11) is 1.82. The van der Waals surface area contributed by atoms with Gasteiger partial charge >= 0.3 is 5.97 Å². The van der Waals surface area contributed by atoms with Gasteiger partial charge in [-0.25, -0.2) is 4.79 Å². The number of aromatic nitrogens is 4. The van der Waals surface area contributed by atoms with Crippen molar-refractivity contribution in [3.05, 3.63) is 35.9 Å². The van der Waals surface area contributed by atoms with E-state index in [1.54, 1.807) is 24.0 Å². The second-order valence-corrected chi connectivity index (χ2v) is 4.65. The molecule has 2 aromatic rings. The number of hydrogen-bond donors (Lipinski definition) is 1. The molecule has 0 bridgehead atoms. The number of nitrogens with zero attached hydrogens (tertiary/aromatic N) is 4. The average molecular weight is 291 g/mol. The van der Waals surface area contributed by atoms with E-state index in [0.29, 0.717) is 18.7 Å². The van der Waals surface area contributed by atoms with E-state index < -0.39 is 0 Å². The van der Waals surface area contributed by atoms with E-state index in [2.05, 4.69) is 15.5 Å². The van der Waals surface area contributed by atoms with Crippen LogP contribution in [0.5, 0.6) is 0 Å². The lowest BCUT2D eigenvalue weighted by molar-refractivity contribution is 0.0524. The summed E-state index contributed by atoms with van der Waals surface area (Å²) in [6, 6.07) is 1.91. The van der Waals surface area contributed by atoms with Crippen molar-refractivity contribution < 1.29 is 9.53 Å². The maximum atomic E-state index is 11.8. The topological polar surface area (TPSA) is 74.0 Å². The van der Waals surface area contributed by atoms with E-state index in [1.165, 1.54) is 0 Å². The first-order valence-corrected chi connectivity index (χ1v) is 7.08. The molecule has 7 nitrogen and oxygen atoms in total. The number of nitrogens with one attached hydrogen (secondary N) is 1. The molecule has 0 aliphatic heterocycles. The molecule has 2 aromatic heterocycles. The highest BCUT2D eigenvalue weighted by Gasteiger charge is 2.16. The smallest absolute Gasteiger partial charge is 0.341 e. The molecule has 0 saturated carbocycles. The fourth-order valence-electron chi connectivity index (χ4n) is 2.06. The Morgan fingerprint density at radius 3 is 3.00 bits per heavy atom. The zero-order valence-corrected chi connectivity index (χ0v) is 12.5. The van der Waals surface area contributed by atoms with Crippen molar-refractivity contribution in [3.8, 4) is 0 Å². The van der Waals surface area contributed by atoms with E-state index >= 15 is 0 Å². The van der Waals surface area contributed by atoms with Gasteiger partial charge in [0, 0.05) is 32.5 Å². The van der Waals surface area contributed by atoms with Crippen LogP contribution in [0, 0.1) is 0 Å². The summed E-state index contributed by atoms with van der Waals surface area (Å²) in [6.07, 6.45) is 6.24. The Morgan fingerprint density at radius 1 is 1.43 bits per heavy atom. The normalized spacial score (nSPS) is 10.8. The molecule has 0 atom stereocenters. The van der Waals surface area contributed by atoms with Gasteiger partial charge in [0.1, 0.15) is 5.56 Å². The van der Waals surface area contributed by atoms with E-state index in [1.807, 2.05) is 24.0 Å². The van der Waals surface area contributed by atoms with Crippen LogP contribution in [-0.4, -0.2) is 38.7 Å². The Kier molecular flexibility index (Phi) is 5.51. The minimum atomic E-state index is -0.320. The van der Waals surface area contributed by atoms with Crippen LogP contribution >= 0.6 is 0 Å². The zero-order valence-electron chi connectivity index (χ0n) is 12.5. The molecule has 0 unspecified atom stereocenters. The van der Waals surface area contributed by atoms with Crippen LogP contribution in [0.2, 0.25) is 0 Å². The maximum Gasteiger partial charge on any atom is 0.341 e. The lowest BCUT2D eigenvalue weighted by Gasteiger charge is -2.08. The van der Waals surface area contributed by atoms with Gasteiger partial charge in [-0.2, -0.15) is 10.2 Å². The summed E-state index contributed by atoms with van der Waals surface area (Å²) in [5, 5.41) is 11.6. The SMILES string of the molecule is CCOC(=O)c1cnn(C)c1CNCCCn1cccn1. The second-order valence-electron chi connectivity index (χ2n) is 4.65. The summed E-state index contributed by atoms with van der Waals surface area (Å²) < 4.78 is 8.63. The van der Waals surface area contributed by atoms with Crippen molar-refractivity contribution in [3.63, 3.8) is 0 Å². The van der Waals surface area contributed by atoms with Gasteiger partial charge in [-0.15, -0.1) is 0 Å². The molecular weight excluding hydrogens is 270 g/mol. The second kappa shape index (κ2) is 7.58. The summed E-state index contributed by atoms with van der Waals surface area (Å²) in [5.74, 6) is -0.320. The largest absolute Gasteiger partial charge is 0.462 e. The lowest BCUT2D eigenvalue weighted by Crippen LogP contribution is -2.20. The molecule has 0 aliphatic rings. The monoisotopic (exact) mass is 291 g/mol. The molecule has 7 heteroatoms. The number of ether oxygens (including phenoxy) is 1. The third kappa shape index (κ3) is 4.16. The molecular formula is C14H21N5O2. The molecule has 0 aliphatic carbocycles. The van der Waals surface area contributed by atoms with Crippen LogP contribution in [0.25, 0.3) is 0 Å². The van der Waals surface area contributed by atoms with Crippen LogP contribution in [0.4, 0.5) is 0 Å². The predicted octanol–water partition coefficient (Wildman–Crippen LogP) is 0.973. The predicted molar refractivity (Wildman–Crippen MR) is 77.7 cm³/mol. The third-order valence-electron chi connectivity index (χ3n) is 3.15. The van der Waals surface area contributed by atoms with Crippen LogP contribution in [0.15, 0.2) is 24.7 Å². The molecule has 2 heterocycles. The minimum absolute atomic E-state index is 0.320. The first-order valence-electron chi connectivity index (χ1n) is 7.08. The van der Waals surface area contributed by atoms with Gasteiger partial charge in [0.05, 0.1) is 18.5 Å². The molecule has 2 rings (SSSR count). The highest BCUT2D eigenvalue weighted by molar-refractivity contribution is 5.90. The van der Waals surface area contributed by atoms with Gasteiger partial charge in [-0.3, -0.25) is 9.36 Å². The Balaban J connectivity index is 1.79. The Morgan fingerprint density at radius 2 is 2.29 bits per heavy atom. The molecule has 0 radical (unpaired) electrons. The first-order chi connectivity index (χ1) is 10.2. The van der Waals surface area contributed by atoms with E-state index in [4.69, 9.17) is 4.74 Å². The van der Waals surface area contributed by atoms with E-state index in [9.17, 15) is 4.79 Å². The van der Waals surface area contributed by atoms with Crippen LogP contribution in [0.1, 0.15) is 29.4 Å². The van der Waals surface area contributed by atoms with Crippen molar-refractivity contribution in [1.29, 1.82) is 0 Å². The molecule has 0 spiro atoms. The molecule has 0 aromatic carbocycles. The molecule has 0 amide bonds. The Hall–Kier alpha value is -2.15. The Labute approximate surface area is 123 Å². The van der Waals surface area contributed by atoms with Gasteiger partial charge in [-0.1, -0.05) is 0 Å². The van der Waals surface area contributed by atoms with E-state index in [0.717, 1.165) is 25.2 Å². The molecule has 1 N–H and O–H groups in total. The van der Waals surface area contributed by atoms with Gasteiger partial charge in [-0.05, 0) is 26.0 Å². The summed E-state index contributed by atoms with van der Waals surface area (Å²) in [6.45, 7) is 4.46. The van der Waals surface area contributed by atoms with Crippen molar-refractivity contribution in [1.82, 2.24) is 24.9 Å². The van der Waals surface area contributed by atoms with Crippen molar-refractivity contribution in [2.24, 2.45) is 7.05 Å². The van der Waals surface area contributed by atoms with Gasteiger partial charge in [0.2, 0.25) is 0 Å². The van der Waals surface area contributed by atoms with Crippen molar-refractivity contribution in [2.45, 2.75) is 26.4 Å². The lowest BCUT2D eigenvalue weighted by atomic mass is 10.2. The minimum Gasteiger partial charge on any atom is -0.462 e. The number of rotatable bonds is 8. The molecule has 0 fully saturated rings. The number of carbonyl (C=O) groups excluding carboxylic acids is 1. The van der Waals surface area contributed by atoms with Gasteiger partial charge in [0.25, 0.3) is 0 Å². The average Bonchev–Trinajstić information content (AvgIpc) is 3.09. The maximum absolute atomic E-state index is 11.8. The van der Waals surface area contributed by atoms with Crippen molar-refractivity contribution >= 4 is 5.97 Å². The van der Waals surface area contributed by atoms with Crippen molar-refractivity contribution in [2.75, 3.05) is 13.2 Å². The quantitative estimate of drug-likeness (QED) is 0.579. The molecule has 114 valence electrons. The van der Waals surface area contributed by atoms with Gasteiger partial charge in [0.15, 0.2) is 0 Å². The van der Waals surface area contributed by atoms with E-state index in [-0.39, 0.29) is 5.97 Å². The molecule has 0 saturated heterocycles. The highest BCUT2D eigenvalue weighted by atomic mass is 16.5. The third-order valence-corrected chi connectivity index (χ3v) is 3.15. The first kappa shape index (κ1) is 15.2. The number of hydrogen-bond acceptors (Lipinski definition) is 5. The standard InChI is InChI=1S/C14H21N5O2/c1-3-21-14(20)12-10-17-18(2)13(12)11-15-6-4-8-19-9-5-7-16-19/h5,7,9-10,15H,3-4,6,8,11H2,1-2H3. The molecule has 21 heavy (non-hydrogen) atoms. The number of aryl methyl sites for hydroxylation is 2. The summed E-state index contributed by atoms with van der Waals surface area (Å²) in [4.78, 5) is 11.8. The highest BCUT2D eigenvalue weighted by Crippen LogP contribution is 2.09. The van der Waals surface area contributed by atoms with Crippen LogP contribution < -0.4 is 5.32 Å². The fourth-order valence-corrected chi connectivity index (χ4v) is 2.06. The summed E-state index contributed by atoms with van der Waals surface area (Å²) in [5.41, 5.74) is 1.37. The van der Waals surface area contributed by atoms with Gasteiger partial charge < -0.3 is 10.1 Å². The van der Waals surface area contributed by atoms with Crippen LogP contribution in [0.3, 0.4) is 0 Å². The number of carbonyl (C=O) groups is 1. The Bertz CT molecular complexity index is 562. The summed E-state index contributed by atoms with van der Waals surface area (Å²) >= 11 is 0. The number of esters is 1. The van der Waals surface area contributed by atoms with Crippen LogP contribution in [-0.2, 0) is 24.9 Å². The zero-order chi connectivity index (χ0) is 15.1.